The monoisotopic (exact) mass is 298 g/mol. The summed E-state index contributed by atoms with van der Waals surface area (Å²) in [5.41, 5.74) is 1.46. The Labute approximate surface area is 109 Å². The van der Waals surface area contributed by atoms with Crippen LogP contribution in [-0.2, 0) is 4.74 Å². The first-order valence-corrected chi connectivity index (χ1v) is 6.73. The maximum Gasteiger partial charge on any atom is 0.272 e. The zero-order chi connectivity index (χ0) is 12.3. The Morgan fingerprint density at radius 1 is 1.71 bits per heavy atom. The lowest BCUT2D eigenvalue weighted by Gasteiger charge is -2.32. The summed E-state index contributed by atoms with van der Waals surface area (Å²) in [6.45, 7) is 3.76. The highest BCUT2D eigenvalue weighted by Crippen LogP contribution is 2.12. The molecular weight excluding hydrogens is 284 g/mol. The van der Waals surface area contributed by atoms with Crippen LogP contribution < -0.4 is 0 Å². The van der Waals surface area contributed by atoms with E-state index >= 15 is 0 Å². The molecule has 17 heavy (non-hydrogen) atoms. The number of amides is 1. The number of hydrogen-bond acceptors (Lipinski definition) is 3. The van der Waals surface area contributed by atoms with Crippen LogP contribution in [0.3, 0.4) is 0 Å². The number of alkyl halides is 1. The smallest absolute Gasteiger partial charge is 0.272 e. The van der Waals surface area contributed by atoms with Gasteiger partial charge >= 0.3 is 0 Å². The van der Waals surface area contributed by atoms with Crippen LogP contribution in [0.1, 0.15) is 16.1 Å². The average Bonchev–Trinajstić information content (AvgIpc) is 2.38. The number of carbonyl (C=O) groups is 1. The van der Waals surface area contributed by atoms with Crippen LogP contribution in [0.4, 0.5) is 0 Å². The third-order valence-electron chi connectivity index (χ3n) is 2.81. The van der Waals surface area contributed by atoms with Gasteiger partial charge in [0.2, 0.25) is 0 Å². The Hall–Kier alpha value is -0.940. The third kappa shape index (κ3) is 2.84. The second-order valence-corrected chi connectivity index (χ2v) is 4.71. The van der Waals surface area contributed by atoms with Gasteiger partial charge in [0.05, 0.1) is 12.7 Å². The van der Waals surface area contributed by atoms with Gasteiger partial charge in [-0.1, -0.05) is 22.0 Å². The van der Waals surface area contributed by atoms with Crippen molar-refractivity contribution in [3.05, 3.63) is 29.6 Å². The van der Waals surface area contributed by atoms with E-state index < -0.39 is 0 Å². The molecule has 1 aromatic heterocycles. The predicted molar refractivity (Wildman–Crippen MR) is 68.4 cm³/mol. The molecule has 0 N–H and O–H groups in total. The molecule has 2 rings (SSSR count). The fourth-order valence-electron chi connectivity index (χ4n) is 1.86. The summed E-state index contributed by atoms with van der Waals surface area (Å²) in [5.74, 6) is -0.00245. The molecule has 0 spiro atoms. The molecule has 5 heteroatoms. The molecule has 4 nitrogen and oxygen atoms in total. The molecule has 0 bridgehead atoms. The van der Waals surface area contributed by atoms with Gasteiger partial charge in [0, 0.05) is 24.6 Å². The number of ether oxygens (including phenoxy) is 1. The number of carbonyl (C=O) groups excluding carboxylic acids is 1. The molecule has 1 fully saturated rings. The summed E-state index contributed by atoms with van der Waals surface area (Å²) in [4.78, 5) is 18.2. The van der Waals surface area contributed by atoms with Crippen LogP contribution in [0.15, 0.2) is 18.3 Å². The van der Waals surface area contributed by atoms with Gasteiger partial charge in [-0.2, -0.15) is 0 Å². The van der Waals surface area contributed by atoms with Crippen molar-refractivity contribution in [3.63, 3.8) is 0 Å². The van der Waals surface area contributed by atoms with Gasteiger partial charge in [-0.05, 0) is 18.6 Å². The number of morpholine rings is 1. The molecule has 1 amide bonds. The first-order chi connectivity index (χ1) is 8.22. The lowest BCUT2D eigenvalue weighted by molar-refractivity contribution is -0.00990. The van der Waals surface area contributed by atoms with Crippen LogP contribution in [0.2, 0.25) is 0 Å². The summed E-state index contributed by atoms with van der Waals surface area (Å²) in [5, 5.41) is 0.748. The quantitative estimate of drug-likeness (QED) is 0.780. The minimum Gasteiger partial charge on any atom is -0.374 e. The molecule has 1 unspecified atom stereocenters. The van der Waals surface area contributed by atoms with E-state index in [9.17, 15) is 4.79 Å². The van der Waals surface area contributed by atoms with Crippen molar-refractivity contribution in [2.45, 2.75) is 13.0 Å². The maximum atomic E-state index is 12.3. The van der Waals surface area contributed by atoms with Crippen molar-refractivity contribution in [1.29, 1.82) is 0 Å². The Balaban J connectivity index is 2.12. The number of aryl methyl sites for hydroxylation is 1. The molecule has 0 aromatic carbocycles. The SMILES string of the molecule is Cc1cccnc1C(=O)N1CCOC(CBr)C1. The Morgan fingerprint density at radius 2 is 2.53 bits per heavy atom. The fraction of sp³-hybridized carbons (Fsp3) is 0.500. The summed E-state index contributed by atoms with van der Waals surface area (Å²) in [7, 11) is 0. The van der Waals surface area contributed by atoms with Crippen molar-refractivity contribution >= 4 is 21.8 Å². The highest BCUT2D eigenvalue weighted by Gasteiger charge is 2.25. The molecule has 1 aliphatic rings. The normalized spacial score (nSPS) is 20.4. The average molecular weight is 299 g/mol. The number of rotatable bonds is 2. The van der Waals surface area contributed by atoms with Gasteiger partial charge in [0.15, 0.2) is 0 Å². The zero-order valence-corrected chi connectivity index (χ0v) is 11.3. The summed E-state index contributed by atoms with van der Waals surface area (Å²) < 4.78 is 5.51. The van der Waals surface area contributed by atoms with Crippen LogP contribution in [-0.4, -0.2) is 46.9 Å². The van der Waals surface area contributed by atoms with Crippen LogP contribution in [0.25, 0.3) is 0 Å². The van der Waals surface area contributed by atoms with Gasteiger partial charge in [-0.15, -0.1) is 0 Å². The van der Waals surface area contributed by atoms with E-state index in [4.69, 9.17) is 4.74 Å². The predicted octanol–water partition coefficient (Wildman–Crippen LogP) is 1.63. The van der Waals surface area contributed by atoms with Gasteiger partial charge in [-0.3, -0.25) is 9.78 Å². The van der Waals surface area contributed by atoms with E-state index in [2.05, 4.69) is 20.9 Å². The van der Waals surface area contributed by atoms with E-state index in [-0.39, 0.29) is 12.0 Å². The first-order valence-electron chi connectivity index (χ1n) is 5.61. The summed E-state index contributed by atoms with van der Waals surface area (Å²) in [6, 6.07) is 3.75. The number of pyridine rings is 1. The van der Waals surface area contributed by atoms with Crippen molar-refractivity contribution in [2.24, 2.45) is 0 Å². The fourth-order valence-corrected chi connectivity index (χ4v) is 2.25. The zero-order valence-electron chi connectivity index (χ0n) is 9.73. The molecule has 1 aromatic rings. The van der Waals surface area contributed by atoms with Crippen LogP contribution in [0.5, 0.6) is 0 Å². The van der Waals surface area contributed by atoms with E-state index in [1.807, 2.05) is 24.0 Å². The van der Waals surface area contributed by atoms with Gasteiger partial charge in [-0.25, -0.2) is 0 Å². The third-order valence-corrected chi connectivity index (χ3v) is 3.53. The summed E-state index contributed by atoms with van der Waals surface area (Å²) in [6.07, 6.45) is 1.74. The molecule has 1 atom stereocenters. The van der Waals surface area contributed by atoms with Crippen molar-refractivity contribution in [1.82, 2.24) is 9.88 Å². The molecule has 1 aliphatic heterocycles. The Morgan fingerprint density at radius 3 is 3.24 bits per heavy atom. The van der Waals surface area contributed by atoms with Gasteiger partial charge in [0.25, 0.3) is 5.91 Å². The topological polar surface area (TPSA) is 42.4 Å². The lowest BCUT2D eigenvalue weighted by atomic mass is 10.2. The largest absolute Gasteiger partial charge is 0.374 e. The van der Waals surface area contributed by atoms with Crippen molar-refractivity contribution < 1.29 is 9.53 Å². The number of halogens is 1. The molecule has 0 saturated carbocycles. The standard InChI is InChI=1S/C12H15BrN2O2/c1-9-3-2-4-14-11(9)12(16)15-5-6-17-10(7-13)8-15/h2-4,10H,5-8H2,1H3. The van der Waals surface area contributed by atoms with Gasteiger partial charge < -0.3 is 9.64 Å². The second-order valence-electron chi connectivity index (χ2n) is 4.07. The highest BCUT2D eigenvalue weighted by atomic mass is 79.9. The van der Waals surface area contributed by atoms with Crippen LogP contribution in [0, 0.1) is 6.92 Å². The molecule has 0 aliphatic carbocycles. The van der Waals surface area contributed by atoms with E-state index in [1.165, 1.54) is 0 Å². The van der Waals surface area contributed by atoms with Crippen molar-refractivity contribution in [2.75, 3.05) is 25.0 Å². The van der Waals surface area contributed by atoms with E-state index in [0.717, 1.165) is 10.9 Å². The Bertz CT molecular complexity index is 411. The highest BCUT2D eigenvalue weighted by molar-refractivity contribution is 9.09. The number of hydrogen-bond donors (Lipinski definition) is 0. The molecular formula is C12H15BrN2O2. The molecule has 92 valence electrons. The minimum absolute atomic E-state index is 0.00245. The van der Waals surface area contributed by atoms with Crippen molar-refractivity contribution in [3.8, 4) is 0 Å². The van der Waals surface area contributed by atoms with E-state index in [1.54, 1.807) is 6.20 Å². The molecule has 0 radical (unpaired) electrons. The van der Waals surface area contributed by atoms with Gasteiger partial charge in [0.1, 0.15) is 5.69 Å². The molecule has 2 heterocycles. The number of nitrogens with zero attached hydrogens (tertiary/aromatic N) is 2. The molecule has 1 saturated heterocycles. The minimum atomic E-state index is -0.00245. The second kappa shape index (κ2) is 5.60. The van der Waals surface area contributed by atoms with E-state index in [0.29, 0.717) is 25.4 Å². The Kier molecular flexibility index (Phi) is 4.12. The maximum absolute atomic E-state index is 12.3. The first kappa shape index (κ1) is 12.5. The summed E-state index contributed by atoms with van der Waals surface area (Å²) >= 11 is 3.38. The number of aromatic nitrogens is 1. The van der Waals surface area contributed by atoms with Crippen LogP contribution >= 0.6 is 15.9 Å². The lowest BCUT2D eigenvalue weighted by Crippen LogP contribution is -2.46.